The third-order valence-electron chi connectivity index (χ3n) is 2.63. The molecule has 1 aromatic heterocycles. The minimum absolute atomic E-state index is 0.202. The molecule has 0 aliphatic heterocycles. The summed E-state index contributed by atoms with van der Waals surface area (Å²) in [5.41, 5.74) is 0.249. The Morgan fingerprint density at radius 1 is 1.53 bits per heavy atom. The minimum atomic E-state index is -0.492. The Morgan fingerprint density at radius 2 is 2.21 bits per heavy atom. The summed E-state index contributed by atoms with van der Waals surface area (Å²) in [5.74, 6) is -0.770. The lowest BCUT2D eigenvalue weighted by molar-refractivity contribution is 0.0526. The number of hydrogen-bond donors (Lipinski definition) is 1. The van der Waals surface area contributed by atoms with E-state index in [1.54, 1.807) is 12.3 Å². The number of esters is 1. The maximum Gasteiger partial charge on any atom is 0.367 e. The predicted molar refractivity (Wildman–Crippen MR) is 73.6 cm³/mol. The molecule has 0 bridgehead atoms. The van der Waals surface area contributed by atoms with Crippen molar-refractivity contribution in [1.29, 1.82) is 0 Å². The molecule has 19 heavy (non-hydrogen) atoms. The second kappa shape index (κ2) is 7.20. The van der Waals surface area contributed by atoms with Crippen molar-refractivity contribution < 1.29 is 14.3 Å². The molecule has 106 valence electrons. The molecule has 0 aliphatic rings. The van der Waals surface area contributed by atoms with Gasteiger partial charge in [0.2, 0.25) is 5.01 Å². The van der Waals surface area contributed by atoms with E-state index in [4.69, 9.17) is 4.74 Å². The Hall–Kier alpha value is -1.47. The number of nitrogens with zero attached hydrogens (tertiary/aromatic N) is 2. The highest BCUT2D eigenvalue weighted by Gasteiger charge is 2.16. The van der Waals surface area contributed by atoms with E-state index in [1.165, 1.54) is 0 Å². The van der Waals surface area contributed by atoms with E-state index in [2.05, 4.69) is 10.3 Å². The molecule has 1 rings (SSSR count). The normalized spacial score (nSPS) is 12.3. The lowest BCUT2D eigenvalue weighted by atomic mass is 10.3. The first-order valence-electron chi connectivity index (χ1n) is 6.03. The van der Waals surface area contributed by atoms with Crippen LogP contribution in [-0.2, 0) is 4.74 Å². The maximum absolute atomic E-state index is 11.8. The largest absolute Gasteiger partial charge is 0.461 e. The van der Waals surface area contributed by atoms with Gasteiger partial charge in [0.1, 0.15) is 5.69 Å². The number of thiazole rings is 1. The second-order valence-corrected chi connectivity index (χ2v) is 5.14. The Balaban J connectivity index is 2.56. The van der Waals surface area contributed by atoms with Crippen LogP contribution in [0.1, 0.15) is 34.1 Å². The fourth-order valence-electron chi connectivity index (χ4n) is 1.18. The van der Waals surface area contributed by atoms with Gasteiger partial charge in [0.25, 0.3) is 5.91 Å². The fourth-order valence-corrected chi connectivity index (χ4v) is 1.87. The van der Waals surface area contributed by atoms with Crippen molar-refractivity contribution in [2.45, 2.75) is 19.9 Å². The number of rotatable bonds is 6. The topological polar surface area (TPSA) is 71.5 Å². The Morgan fingerprint density at radius 3 is 2.79 bits per heavy atom. The van der Waals surface area contributed by atoms with E-state index in [1.807, 2.05) is 25.9 Å². The van der Waals surface area contributed by atoms with Crippen LogP contribution in [0.4, 0.5) is 0 Å². The number of amides is 1. The molecule has 0 radical (unpaired) electrons. The molecule has 1 atom stereocenters. The first-order valence-corrected chi connectivity index (χ1v) is 6.91. The third kappa shape index (κ3) is 4.60. The molecule has 0 saturated carbocycles. The van der Waals surface area contributed by atoms with Crippen molar-refractivity contribution in [2.24, 2.45) is 0 Å². The average molecular weight is 285 g/mol. The second-order valence-electron chi connectivity index (χ2n) is 4.28. The number of nitrogens with one attached hydrogen (secondary N) is 1. The van der Waals surface area contributed by atoms with Crippen molar-refractivity contribution in [3.63, 3.8) is 0 Å². The highest BCUT2D eigenvalue weighted by molar-refractivity contribution is 7.11. The van der Waals surface area contributed by atoms with Crippen LogP contribution in [0.5, 0.6) is 0 Å². The third-order valence-corrected chi connectivity index (χ3v) is 3.45. The smallest absolute Gasteiger partial charge is 0.367 e. The first-order chi connectivity index (χ1) is 8.95. The summed E-state index contributed by atoms with van der Waals surface area (Å²) in [5, 5.41) is 4.53. The van der Waals surface area contributed by atoms with Crippen LogP contribution in [0.15, 0.2) is 5.38 Å². The summed E-state index contributed by atoms with van der Waals surface area (Å²) in [7, 11) is 3.89. The monoisotopic (exact) mass is 285 g/mol. The molecule has 1 heterocycles. The van der Waals surface area contributed by atoms with Crippen LogP contribution in [-0.4, -0.2) is 55.0 Å². The molecule has 0 fully saturated rings. The van der Waals surface area contributed by atoms with Crippen LogP contribution < -0.4 is 5.32 Å². The first kappa shape index (κ1) is 15.6. The van der Waals surface area contributed by atoms with Gasteiger partial charge in [-0.2, -0.15) is 0 Å². The van der Waals surface area contributed by atoms with E-state index in [0.717, 1.165) is 11.3 Å². The summed E-state index contributed by atoms with van der Waals surface area (Å²) in [6.45, 7) is 4.55. The molecule has 1 aromatic rings. The summed E-state index contributed by atoms with van der Waals surface area (Å²) in [6, 6.07) is 0.229. The number of carbonyl (C=O) groups is 2. The number of ether oxygens (including phenoxy) is 1. The standard InChI is InChI=1S/C12H19N3O3S/c1-5-18-12(17)11-14-9(7-19-11)10(16)13-6-8(2)15(3)4/h7-8H,5-6H2,1-4H3,(H,13,16). The van der Waals surface area contributed by atoms with Crippen LogP contribution in [0.25, 0.3) is 0 Å². The average Bonchev–Trinajstić information content (AvgIpc) is 2.85. The molecular weight excluding hydrogens is 266 g/mol. The van der Waals surface area contributed by atoms with E-state index >= 15 is 0 Å². The highest BCUT2D eigenvalue weighted by Crippen LogP contribution is 2.11. The van der Waals surface area contributed by atoms with Gasteiger partial charge in [-0.3, -0.25) is 4.79 Å². The van der Waals surface area contributed by atoms with Gasteiger partial charge in [0, 0.05) is 18.0 Å². The summed E-state index contributed by atoms with van der Waals surface area (Å²) in [6.07, 6.45) is 0. The molecule has 0 saturated heterocycles. The Labute approximate surface area is 116 Å². The van der Waals surface area contributed by atoms with Gasteiger partial charge in [-0.1, -0.05) is 0 Å². The molecule has 0 aromatic carbocycles. The zero-order chi connectivity index (χ0) is 14.4. The van der Waals surface area contributed by atoms with Crippen LogP contribution >= 0.6 is 11.3 Å². The summed E-state index contributed by atoms with van der Waals surface area (Å²) in [4.78, 5) is 29.2. The Kier molecular flexibility index (Phi) is 5.91. The van der Waals surface area contributed by atoms with Crippen molar-refractivity contribution in [2.75, 3.05) is 27.2 Å². The molecule has 1 N–H and O–H groups in total. The highest BCUT2D eigenvalue weighted by atomic mass is 32.1. The lowest BCUT2D eigenvalue weighted by Gasteiger charge is -2.19. The van der Waals surface area contributed by atoms with Gasteiger partial charge in [-0.15, -0.1) is 11.3 Å². The van der Waals surface area contributed by atoms with Crippen LogP contribution in [0, 0.1) is 0 Å². The fraction of sp³-hybridized carbons (Fsp3) is 0.583. The van der Waals surface area contributed by atoms with Gasteiger partial charge >= 0.3 is 5.97 Å². The van der Waals surface area contributed by atoms with Gasteiger partial charge in [0.15, 0.2) is 0 Å². The predicted octanol–water partition coefficient (Wildman–Crippen LogP) is 1.000. The summed E-state index contributed by atoms with van der Waals surface area (Å²) < 4.78 is 4.82. The van der Waals surface area contributed by atoms with Crippen LogP contribution in [0.3, 0.4) is 0 Å². The SMILES string of the molecule is CCOC(=O)c1nc(C(=O)NCC(C)N(C)C)cs1. The number of hydrogen-bond acceptors (Lipinski definition) is 6. The van der Waals surface area contributed by atoms with Gasteiger partial charge in [0.05, 0.1) is 6.61 Å². The zero-order valence-electron chi connectivity index (χ0n) is 11.6. The van der Waals surface area contributed by atoms with Gasteiger partial charge in [-0.05, 0) is 27.9 Å². The van der Waals surface area contributed by atoms with E-state index < -0.39 is 5.97 Å². The van der Waals surface area contributed by atoms with Crippen molar-refractivity contribution in [1.82, 2.24) is 15.2 Å². The van der Waals surface area contributed by atoms with E-state index in [0.29, 0.717) is 13.2 Å². The van der Waals surface area contributed by atoms with E-state index in [9.17, 15) is 9.59 Å². The van der Waals surface area contributed by atoms with Gasteiger partial charge < -0.3 is 15.0 Å². The molecule has 0 aliphatic carbocycles. The van der Waals surface area contributed by atoms with Crippen molar-refractivity contribution in [3.05, 3.63) is 16.1 Å². The number of carbonyl (C=O) groups excluding carboxylic acids is 2. The molecular formula is C12H19N3O3S. The number of aromatic nitrogens is 1. The lowest BCUT2D eigenvalue weighted by Crippen LogP contribution is -2.38. The zero-order valence-corrected chi connectivity index (χ0v) is 12.4. The number of likely N-dealkylation sites (N-methyl/N-ethyl adjacent to an activating group) is 1. The molecule has 1 unspecified atom stereocenters. The molecule has 0 spiro atoms. The van der Waals surface area contributed by atoms with Crippen LogP contribution in [0.2, 0.25) is 0 Å². The van der Waals surface area contributed by atoms with E-state index in [-0.39, 0.29) is 22.7 Å². The molecule has 7 heteroatoms. The molecule has 1 amide bonds. The van der Waals surface area contributed by atoms with Crippen molar-refractivity contribution in [3.8, 4) is 0 Å². The minimum Gasteiger partial charge on any atom is -0.461 e. The quantitative estimate of drug-likeness (QED) is 0.790. The van der Waals surface area contributed by atoms with Gasteiger partial charge in [-0.25, -0.2) is 9.78 Å². The summed E-state index contributed by atoms with van der Waals surface area (Å²) >= 11 is 1.11. The van der Waals surface area contributed by atoms with Crippen molar-refractivity contribution >= 4 is 23.2 Å². The Bertz CT molecular complexity index is 445. The molecule has 6 nitrogen and oxygen atoms in total. The maximum atomic E-state index is 11.8.